The molecule has 0 fully saturated rings. The average molecular weight is 707 g/mol. The summed E-state index contributed by atoms with van der Waals surface area (Å²) in [6.07, 6.45) is 33.1. The minimum absolute atomic E-state index is 0.0511. The third-order valence-corrected chi connectivity index (χ3v) is 9.40. The maximum absolute atomic E-state index is 12.5. The fourth-order valence-electron chi connectivity index (χ4n) is 5.40. The van der Waals surface area contributed by atoms with Crippen LogP contribution in [0.1, 0.15) is 181 Å². The van der Waals surface area contributed by atoms with Gasteiger partial charge in [0, 0.05) is 13.0 Å². The summed E-state index contributed by atoms with van der Waals surface area (Å²) in [4.78, 5) is 22.4. The molecule has 286 valence electrons. The van der Waals surface area contributed by atoms with Crippen LogP contribution in [0.25, 0.3) is 0 Å². The van der Waals surface area contributed by atoms with Crippen LogP contribution >= 0.6 is 7.82 Å². The number of allylic oxidation sites excluding steroid dienone is 2. The molecule has 1 unspecified atom stereocenters. The number of esters is 1. The van der Waals surface area contributed by atoms with E-state index in [1.165, 1.54) is 103 Å². The first-order valence-corrected chi connectivity index (χ1v) is 21.2. The zero-order chi connectivity index (χ0) is 35.4. The van der Waals surface area contributed by atoms with Crippen LogP contribution < -0.4 is 0 Å². The topological polar surface area (TPSA) is 132 Å². The first kappa shape index (κ1) is 47.2. The predicted octanol–water partition coefficient (Wildman–Crippen LogP) is 10.1. The Hall–Kier alpha value is -0.800. The number of carbonyl (C=O) groups is 1. The lowest BCUT2D eigenvalue weighted by Gasteiger charge is -2.20. The van der Waals surface area contributed by atoms with Crippen LogP contribution in [0.3, 0.4) is 0 Å². The summed E-state index contributed by atoms with van der Waals surface area (Å²) in [6, 6.07) is 0. The van der Waals surface area contributed by atoms with Crippen molar-refractivity contribution < 1.29 is 43.0 Å². The molecule has 9 nitrogen and oxygen atoms in total. The van der Waals surface area contributed by atoms with Crippen LogP contribution in [-0.2, 0) is 27.9 Å². The van der Waals surface area contributed by atoms with E-state index in [1.54, 1.807) is 0 Å². The number of aliphatic hydroxyl groups is 2. The van der Waals surface area contributed by atoms with Gasteiger partial charge < -0.3 is 24.6 Å². The Balaban J connectivity index is 4.17. The van der Waals surface area contributed by atoms with E-state index >= 15 is 0 Å². The van der Waals surface area contributed by atoms with Crippen molar-refractivity contribution in [2.45, 2.75) is 193 Å². The summed E-state index contributed by atoms with van der Waals surface area (Å²) in [5, 5.41) is 18.3. The summed E-state index contributed by atoms with van der Waals surface area (Å²) < 4.78 is 33.2. The normalized spacial score (nSPS) is 14.4. The van der Waals surface area contributed by atoms with E-state index in [0.717, 1.165) is 57.8 Å². The van der Waals surface area contributed by atoms with Gasteiger partial charge in [-0.05, 0) is 32.1 Å². The fourth-order valence-corrected chi connectivity index (χ4v) is 6.18. The third-order valence-electron chi connectivity index (χ3n) is 8.45. The molecule has 3 atom stereocenters. The Morgan fingerprint density at radius 3 is 1.62 bits per heavy atom. The Morgan fingerprint density at radius 2 is 1.08 bits per heavy atom. The standard InChI is InChI=1S/C38H75O9P/c1-3-5-7-9-11-13-15-16-17-18-19-21-23-25-27-29-31-44-34-37(35-46-48(42,43)45-33-36(40)32-39)47-38(41)30-28-26-24-22-20-14-12-10-8-6-4-2/h10,12,36-37,39-40H,3-9,11,13-35H2,1-2H3,(H,42,43)/b12-10-/t36-,37+/m0/s1. The van der Waals surface area contributed by atoms with Gasteiger partial charge in [0.1, 0.15) is 12.2 Å². The van der Waals surface area contributed by atoms with Crippen molar-refractivity contribution in [3.63, 3.8) is 0 Å². The summed E-state index contributed by atoms with van der Waals surface area (Å²) in [6.45, 7) is 3.49. The van der Waals surface area contributed by atoms with E-state index in [1.807, 2.05) is 0 Å². The Labute approximate surface area is 294 Å². The number of carbonyl (C=O) groups excluding carboxylic acids is 1. The van der Waals surface area contributed by atoms with Crippen LogP contribution in [0.4, 0.5) is 0 Å². The molecule has 0 rings (SSSR count). The molecule has 48 heavy (non-hydrogen) atoms. The van der Waals surface area contributed by atoms with Crippen molar-refractivity contribution in [2.24, 2.45) is 0 Å². The molecule has 0 bridgehead atoms. The zero-order valence-corrected chi connectivity index (χ0v) is 31.9. The smallest absolute Gasteiger partial charge is 0.457 e. The first-order valence-electron chi connectivity index (χ1n) is 19.7. The van der Waals surface area contributed by atoms with Gasteiger partial charge in [-0.3, -0.25) is 13.8 Å². The van der Waals surface area contributed by atoms with Crippen molar-refractivity contribution in [1.29, 1.82) is 0 Å². The molecule has 0 aliphatic carbocycles. The van der Waals surface area contributed by atoms with E-state index in [0.29, 0.717) is 6.61 Å². The maximum atomic E-state index is 12.5. The van der Waals surface area contributed by atoms with E-state index in [9.17, 15) is 19.4 Å². The van der Waals surface area contributed by atoms with Gasteiger partial charge >= 0.3 is 13.8 Å². The summed E-state index contributed by atoms with van der Waals surface area (Å²) >= 11 is 0. The van der Waals surface area contributed by atoms with Crippen LogP contribution in [0, 0.1) is 0 Å². The van der Waals surface area contributed by atoms with Crippen molar-refractivity contribution in [3.05, 3.63) is 12.2 Å². The summed E-state index contributed by atoms with van der Waals surface area (Å²) in [7, 11) is -4.51. The highest BCUT2D eigenvalue weighted by Gasteiger charge is 2.26. The van der Waals surface area contributed by atoms with Gasteiger partial charge in [0.2, 0.25) is 0 Å². The Kier molecular flexibility index (Phi) is 35.4. The van der Waals surface area contributed by atoms with E-state index < -0.39 is 39.2 Å². The maximum Gasteiger partial charge on any atom is 0.472 e. The van der Waals surface area contributed by atoms with Gasteiger partial charge in [0.05, 0.1) is 26.4 Å². The van der Waals surface area contributed by atoms with Gasteiger partial charge in [0.15, 0.2) is 0 Å². The zero-order valence-electron chi connectivity index (χ0n) is 31.0. The predicted molar refractivity (Wildman–Crippen MR) is 196 cm³/mol. The van der Waals surface area contributed by atoms with Crippen molar-refractivity contribution in [3.8, 4) is 0 Å². The van der Waals surface area contributed by atoms with E-state index in [4.69, 9.17) is 23.6 Å². The fraction of sp³-hybridized carbons (Fsp3) is 0.921. The highest BCUT2D eigenvalue weighted by Crippen LogP contribution is 2.43. The minimum Gasteiger partial charge on any atom is -0.457 e. The third kappa shape index (κ3) is 35.0. The van der Waals surface area contributed by atoms with E-state index in [2.05, 4.69) is 26.0 Å². The number of phosphoric ester groups is 1. The molecule has 0 aromatic heterocycles. The molecule has 0 aromatic rings. The Bertz CT molecular complexity index is 764. The van der Waals surface area contributed by atoms with Crippen LogP contribution in [0.15, 0.2) is 12.2 Å². The molecule has 0 radical (unpaired) electrons. The van der Waals surface area contributed by atoms with Crippen LogP contribution in [-0.4, -0.2) is 66.3 Å². The molecule has 0 heterocycles. The number of rotatable bonds is 38. The van der Waals surface area contributed by atoms with Gasteiger partial charge in [-0.25, -0.2) is 4.57 Å². The first-order chi connectivity index (χ1) is 23.3. The van der Waals surface area contributed by atoms with Gasteiger partial charge in [-0.15, -0.1) is 0 Å². The number of ether oxygens (including phenoxy) is 2. The second-order valence-electron chi connectivity index (χ2n) is 13.3. The lowest BCUT2D eigenvalue weighted by molar-refractivity contribution is -0.154. The number of hydrogen-bond acceptors (Lipinski definition) is 8. The molecule has 0 saturated heterocycles. The molecule has 0 aromatic carbocycles. The van der Waals surface area contributed by atoms with Gasteiger partial charge in [0.25, 0.3) is 0 Å². The number of aliphatic hydroxyl groups excluding tert-OH is 2. The molecule has 0 aliphatic rings. The van der Waals surface area contributed by atoms with Crippen LogP contribution in [0.2, 0.25) is 0 Å². The highest BCUT2D eigenvalue weighted by atomic mass is 31.2. The Morgan fingerprint density at radius 1 is 0.625 bits per heavy atom. The van der Waals surface area contributed by atoms with Crippen molar-refractivity contribution in [2.75, 3.05) is 33.0 Å². The molecule has 0 spiro atoms. The lowest BCUT2D eigenvalue weighted by atomic mass is 10.0. The highest BCUT2D eigenvalue weighted by molar-refractivity contribution is 7.47. The SMILES string of the molecule is CCCC/C=C\CCCCCCCC(=O)O[C@H](COCCCCCCCCCCCCCCCCCC)COP(=O)(O)OC[C@@H](O)CO. The van der Waals surface area contributed by atoms with Crippen LogP contribution in [0.5, 0.6) is 0 Å². The summed E-state index contributed by atoms with van der Waals surface area (Å²) in [5.74, 6) is -0.391. The van der Waals surface area contributed by atoms with Gasteiger partial charge in [-0.2, -0.15) is 0 Å². The number of phosphoric acid groups is 1. The lowest BCUT2D eigenvalue weighted by Crippen LogP contribution is -2.29. The molecule has 0 aliphatic heterocycles. The number of hydrogen-bond donors (Lipinski definition) is 3. The molecular formula is C38H75O9P. The second kappa shape index (κ2) is 36.0. The molecule has 0 saturated carbocycles. The minimum atomic E-state index is -4.51. The van der Waals surface area contributed by atoms with Crippen molar-refractivity contribution in [1.82, 2.24) is 0 Å². The quantitative estimate of drug-likeness (QED) is 0.0248. The second-order valence-corrected chi connectivity index (χ2v) is 14.8. The largest absolute Gasteiger partial charge is 0.472 e. The molecule has 10 heteroatoms. The van der Waals surface area contributed by atoms with E-state index in [-0.39, 0.29) is 19.6 Å². The average Bonchev–Trinajstić information content (AvgIpc) is 3.07. The number of unbranched alkanes of at least 4 members (excludes halogenated alkanes) is 22. The molecule has 3 N–H and O–H groups in total. The summed E-state index contributed by atoms with van der Waals surface area (Å²) in [5.41, 5.74) is 0. The monoisotopic (exact) mass is 707 g/mol. The van der Waals surface area contributed by atoms with Gasteiger partial charge in [-0.1, -0.05) is 154 Å². The molecular weight excluding hydrogens is 631 g/mol. The molecule has 0 amide bonds. The van der Waals surface area contributed by atoms with Crippen molar-refractivity contribution >= 4 is 13.8 Å².